The van der Waals surface area contributed by atoms with E-state index in [0.29, 0.717) is 10.0 Å². The molecule has 0 saturated heterocycles. The van der Waals surface area contributed by atoms with E-state index in [9.17, 15) is 0 Å². The lowest BCUT2D eigenvalue weighted by Gasteiger charge is -2.19. The normalized spacial score (nSPS) is 15.2. The summed E-state index contributed by atoms with van der Waals surface area (Å²) >= 11 is 11.9. The molecule has 2 nitrogen and oxygen atoms in total. The third-order valence-corrected chi connectivity index (χ3v) is 2.77. The van der Waals surface area contributed by atoms with E-state index in [1.807, 2.05) is 6.92 Å². The SMILES string of the molecule is COC(C)C(N)c1cc(Cl)ccc1Cl. The molecule has 0 spiro atoms. The molecule has 2 atom stereocenters. The number of methoxy groups -OCH3 is 1. The topological polar surface area (TPSA) is 35.2 Å². The highest BCUT2D eigenvalue weighted by Crippen LogP contribution is 2.27. The Balaban J connectivity index is 2.99. The van der Waals surface area contributed by atoms with Crippen LogP contribution in [0.4, 0.5) is 0 Å². The van der Waals surface area contributed by atoms with Gasteiger partial charge in [-0.05, 0) is 30.7 Å². The molecule has 0 bridgehead atoms. The van der Waals surface area contributed by atoms with Gasteiger partial charge in [-0.15, -0.1) is 0 Å². The lowest BCUT2D eigenvalue weighted by molar-refractivity contribution is 0.0957. The van der Waals surface area contributed by atoms with Gasteiger partial charge < -0.3 is 10.5 Å². The molecule has 0 saturated carbocycles. The predicted molar refractivity (Wildman–Crippen MR) is 59.9 cm³/mol. The summed E-state index contributed by atoms with van der Waals surface area (Å²) in [6.07, 6.45) is -0.0917. The third kappa shape index (κ3) is 2.61. The highest BCUT2D eigenvalue weighted by Gasteiger charge is 2.17. The summed E-state index contributed by atoms with van der Waals surface area (Å²) in [6.45, 7) is 1.89. The van der Waals surface area contributed by atoms with Crippen LogP contribution in [0.2, 0.25) is 10.0 Å². The molecule has 1 aromatic carbocycles. The molecule has 78 valence electrons. The molecule has 2 unspecified atom stereocenters. The van der Waals surface area contributed by atoms with Crippen molar-refractivity contribution >= 4 is 23.2 Å². The monoisotopic (exact) mass is 233 g/mol. The lowest BCUT2D eigenvalue weighted by Crippen LogP contribution is -2.25. The highest BCUT2D eigenvalue weighted by molar-refractivity contribution is 6.33. The molecular weight excluding hydrogens is 221 g/mol. The summed E-state index contributed by atoms with van der Waals surface area (Å²) in [7, 11) is 1.61. The molecule has 2 N–H and O–H groups in total. The molecule has 0 aliphatic rings. The van der Waals surface area contributed by atoms with Crippen LogP contribution in [0.25, 0.3) is 0 Å². The standard InChI is InChI=1S/C10H13Cl2NO/c1-6(14-2)10(13)8-5-7(11)3-4-9(8)12/h3-6,10H,13H2,1-2H3. The van der Waals surface area contributed by atoms with Gasteiger partial charge in [0.15, 0.2) is 0 Å². The molecule has 0 aliphatic heterocycles. The quantitative estimate of drug-likeness (QED) is 0.872. The van der Waals surface area contributed by atoms with Crippen molar-refractivity contribution in [2.24, 2.45) is 5.73 Å². The Hall–Kier alpha value is -0.280. The smallest absolute Gasteiger partial charge is 0.0736 e. The van der Waals surface area contributed by atoms with Crippen molar-refractivity contribution in [1.82, 2.24) is 0 Å². The van der Waals surface area contributed by atoms with Crippen molar-refractivity contribution in [2.45, 2.75) is 19.1 Å². The van der Waals surface area contributed by atoms with Crippen molar-refractivity contribution in [3.05, 3.63) is 33.8 Å². The molecule has 0 aromatic heterocycles. The van der Waals surface area contributed by atoms with E-state index in [0.717, 1.165) is 5.56 Å². The number of halogens is 2. The Kier molecular flexibility index (Phi) is 4.20. The second-order valence-corrected chi connectivity index (χ2v) is 3.98. The zero-order valence-corrected chi connectivity index (χ0v) is 9.64. The van der Waals surface area contributed by atoms with Crippen molar-refractivity contribution in [3.8, 4) is 0 Å². The molecule has 1 rings (SSSR count). The molecule has 0 aliphatic carbocycles. The molecule has 0 radical (unpaired) electrons. The zero-order chi connectivity index (χ0) is 10.7. The van der Waals surface area contributed by atoms with E-state index in [4.69, 9.17) is 33.7 Å². The largest absolute Gasteiger partial charge is 0.380 e. The fourth-order valence-corrected chi connectivity index (χ4v) is 1.59. The summed E-state index contributed by atoms with van der Waals surface area (Å²) < 4.78 is 5.13. The maximum atomic E-state index is 6.00. The number of hydrogen-bond acceptors (Lipinski definition) is 2. The Morgan fingerprint density at radius 3 is 2.57 bits per heavy atom. The average Bonchev–Trinajstić information content (AvgIpc) is 2.19. The fraction of sp³-hybridized carbons (Fsp3) is 0.400. The molecular formula is C10H13Cl2NO. The van der Waals surface area contributed by atoms with Gasteiger partial charge in [-0.1, -0.05) is 23.2 Å². The van der Waals surface area contributed by atoms with Crippen LogP contribution in [-0.4, -0.2) is 13.2 Å². The molecule has 0 fully saturated rings. The first-order valence-electron chi connectivity index (χ1n) is 4.29. The maximum Gasteiger partial charge on any atom is 0.0736 e. The van der Waals surface area contributed by atoms with Crippen LogP contribution in [-0.2, 0) is 4.74 Å². The van der Waals surface area contributed by atoms with E-state index >= 15 is 0 Å². The maximum absolute atomic E-state index is 6.00. The first kappa shape index (κ1) is 11.8. The van der Waals surface area contributed by atoms with Crippen molar-refractivity contribution in [2.75, 3.05) is 7.11 Å². The number of rotatable bonds is 3. The summed E-state index contributed by atoms with van der Waals surface area (Å²) in [4.78, 5) is 0. The van der Waals surface area contributed by atoms with Gasteiger partial charge in [0.2, 0.25) is 0 Å². The summed E-state index contributed by atoms with van der Waals surface area (Å²) in [5, 5.41) is 1.24. The number of ether oxygens (including phenoxy) is 1. The van der Waals surface area contributed by atoms with Crippen LogP contribution in [0.5, 0.6) is 0 Å². The summed E-state index contributed by atoms with van der Waals surface area (Å²) in [6, 6.07) is 4.98. The van der Waals surface area contributed by atoms with Gasteiger partial charge >= 0.3 is 0 Å². The van der Waals surface area contributed by atoms with Crippen LogP contribution in [0.15, 0.2) is 18.2 Å². The molecule has 0 heterocycles. The van der Waals surface area contributed by atoms with Crippen molar-refractivity contribution in [1.29, 1.82) is 0 Å². The first-order chi connectivity index (χ1) is 6.56. The highest BCUT2D eigenvalue weighted by atomic mass is 35.5. The van der Waals surface area contributed by atoms with E-state index < -0.39 is 0 Å². The molecule has 14 heavy (non-hydrogen) atoms. The average molecular weight is 234 g/mol. The summed E-state index contributed by atoms with van der Waals surface area (Å²) in [5.41, 5.74) is 6.76. The van der Waals surface area contributed by atoms with Crippen LogP contribution < -0.4 is 5.73 Å². The van der Waals surface area contributed by atoms with Gasteiger partial charge in [0.1, 0.15) is 0 Å². The second kappa shape index (κ2) is 4.99. The van der Waals surface area contributed by atoms with E-state index in [-0.39, 0.29) is 12.1 Å². The zero-order valence-electron chi connectivity index (χ0n) is 8.13. The first-order valence-corrected chi connectivity index (χ1v) is 5.05. The van der Waals surface area contributed by atoms with Crippen LogP contribution in [0.3, 0.4) is 0 Å². The van der Waals surface area contributed by atoms with E-state index in [1.165, 1.54) is 0 Å². The number of benzene rings is 1. The minimum absolute atomic E-state index is 0.0917. The molecule has 1 aromatic rings. The fourth-order valence-electron chi connectivity index (χ4n) is 1.17. The van der Waals surface area contributed by atoms with Gasteiger partial charge in [-0.2, -0.15) is 0 Å². The Morgan fingerprint density at radius 1 is 1.36 bits per heavy atom. The number of nitrogens with two attached hydrogens (primary N) is 1. The minimum atomic E-state index is -0.258. The van der Waals surface area contributed by atoms with Crippen LogP contribution in [0, 0.1) is 0 Å². The number of hydrogen-bond donors (Lipinski definition) is 1. The minimum Gasteiger partial charge on any atom is -0.380 e. The van der Waals surface area contributed by atoms with Gasteiger partial charge in [0.05, 0.1) is 12.1 Å². The van der Waals surface area contributed by atoms with E-state index in [1.54, 1.807) is 25.3 Å². The van der Waals surface area contributed by atoms with Gasteiger partial charge in [-0.25, -0.2) is 0 Å². The van der Waals surface area contributed by atoms with Gasteiger partial charge in [0, 0.05) is 17.2 Å². The lowest BCUT2D eigenvalue weighted by atomic mass is 10.0. The van der Waals surface area contributed by atoms with Crippen molar-refractivity contribution in [3.63, 3.8) is 0 Å². The van der Waals surface area contributed by atoms with E-state index in [2.05, 4.69) is 0 Å². The Labute approximate surface area is 94.0 Å². The second-order valence-electron chi connectivity index (χ2n) is 3.13. The van der Waals surface area contributed by atoms with Gasteiger partial charge in [0.25, 0.3) is 0 Å². The summed E-state index contributed by atoms with van der Waals surface area (Å²) in [5.74, 6) is 0. The predicted octanol–water partition coefficient (Wildman–Crippen LogP) is 3.03. The third-order valence-electron chi connectivity index (χ3n) is 2.19. The molecule has 4 heteroatoms. The van der Waals surface area contributed by atoms with Crippen molar-refractivity contribution < 1.29 is 4.74 Å². The Morgan fingerprint density at radius 2 is 2.00 bits per heavy atom. The van der Waals surface area contributed by atoms with Gasteiger partial charge in [-0.3, -0.25) is 0 Å². The molecule has 0 amide bonds. The Bertz CT molecular complexity index is 317. The van der Waals surface area contributed by atoms with Crippen LogP contribution in [0.1, 0.15) is 18.5 Å². The van der Waals surface area contributed by atoms with Crippen LogP contribution >= 0.6 is 23.2 Å².